The van der Waals surface area contributed by atoms with Gasteiger partial charge < -0.3 is 10.1 Å². The summed E-state index contributed by atoms with van der Waals surface area (Å²) in [7, 11) is 0. The van der Waals surface area contributed by atoms with Gasteiger partial charge >= 0.3 is 0 Å². The number of hydrogen-bond acceptors (Lipinski definition) is 2. The summed E-state index contributed by atoms with van der Waals surface area (Å²) in [6.07, 6.45) is 1.19. The quantitative estimate of drug-likeness (QED) is 0.843. The molecule has 2 rings (SSSR count). The first-order valence-corrected chi connectivity index (χ1v) is 6.06. The SMILES string of the molecule is Cc1cc(C)c(NCC2CCOC2)c(C)c1. The van der Waals surface area contributed by atoms with E-state index in [1.165, 1.54) is 28.8 Å². The van der Waals surface area contributed by atoms with Gasteiger partial charge in [-0.15, -0.1) is 0 Å². The number of nitrogens with one attached hydrogen (secondary N) is 1. The van der Waals surface area contributed by atoms with E-state index >= 15 is 0 Å². The van der Waals surface area contributed by atoms with Crippen LogP contribution in [0.15, 0.2) is 12.1 Å². The van der Waals surface area contributed by atoms with Crippen LogP contribution in [0, 0.1) is 26.7 Å². The van der Waals surface area contributed by atoms with Gasteiger partial charge in [-0.3, -0.25) is 0 Å². The lowest BCUT2D eigenvalue weighted by Crippen LogP contribution is -2.15. The van der Waals surface area contributed by atoms with Crippen molar-refractivity contribution in [2.24, 2.45) is 5.92 Å². The molecule has 1 aromatic rings. The van der Waals surface area contributed by atoms with E-state index in [-0.39, 0.29) is 0 Å². The van der Waals surface area contributed by atoms with Gasteiger partial charge in [-0.25, -0.2) is 0 Å². The Morgan fingerprint density at radius 1 is 1.25 bits per heavy atom. The molecule has 0 amide bonds. The molecule has 1 heterocycles. The molecule has 88 valence electrons. The molecule has 0 saturated carbocycles. The van der Waals surface area contributed by atoms with Crippen LogP contribution < -0.4 is 5.32 Å². The van der Waals surface area contributed by atoms with Crippen LogP contribution in [0.2, 0.25) is 0 Å². The second-order valence-electron chi connectivity index (χ2n) is 4.88. The summed E-state index contributed by atoms with van der Waals surface area (Å²) in [5, 5.41) is 3.57. The van der Waals surface area contributed by atoms with Crippen LogP contribution in [0.1, 0.15) is 23.1 Å². The lowest BCUT2D eigenvalue weighted by molar-refractivity contribution is 0.187. The summed E-state index contributed by atoms with van der Waals surface area (Å²) >= 11 is 0. The van der Waals surface area contributed by atoms with Gasteiger partial charge in [0, 0.05) is 24.8 Å². The highest BCUT2D eigenvalue weighted by molar-refractivity contribution is 5.58. The molecule has 2 heteroatoms. The van der Waals surface area contributed by atoms with Crippen LogP contribution >= 0.6 is 0 Å². The molecule has 16 heavy (non-hydrogen) atoms. The van der Waals surface area contributed by atoms with Crippen LogP contribution in [0.5, 0.6) is 0 Å². The summed E-state index contributed by atoms with van der Waals surface area (Å²) in [5.41, 5.74) is 5.33. The molecule has 1 aliphatic rings. The number of hydrogen-bond donors (Lipinski definition) is 1. The van der Waals surface area contributed by atoms with Crippen LogP contribution in [0.3, 0.4) is 0 Å². The maximum absolute atomic E-state index is 5.39. The fourth-order valence-corrected chi connectivity index (χ4v) is 2.45. The van der Waals surface area contributed by atoms with Crippen LogP contribution in [0.4, 0.5) is 5.69 Å². The predicted octanol–water partition coefficient (Wildman–Crippen LogP) is 3.06. The van der Waals surface area contributed by atoms with Crippen molar-refractivity contribution in [1.82, 2.24) is 0 Å². The van der Waals surface area contributed by atoms with E-state index in [9.17, 15) is 0 Å². The summed E-state index contributed by atoms with van der Waals surface area (Å²) < 4.78 is 5.39. The predicted molar refractivity (Wildman–Crippen MR) is 68.1 cm³/mol. The monoisotopic (exact) mass is 219 g/mol. The molecule has 1 unspecified atom stereocenters. The first kappa shape index (κ1) is 11.5. The van der Waals surface area contributed by atoms with Gasteiger partial charge in [-0.1, -0.05) is 17.7 Å². The molecule has 1 saturated heterocycles. The summed E-state index contributed by atoms with van der Waals surface area (Å²) in [5.74, 6) is 0.681. The Bertz CT molecular complexity index is 344. The van der Waals surface area contributed by atoms with Crippen molar-refractivity contribution in [3.05, 3.63) is 28.8 Å². The maximum atomic E-state index is 5.39. The summed E-state index contributed by atoms with van der Waals surface area (Å²) in [4.78, 5) is 0. The third kappa shape index (κ3) is 2.56. The van der Waals surface area contributed by atoms with E-state index in [1.54, 1.807) is 0 Å². The zero-order valence-electron chi connectivity index (χ0n) is 10.5. The Morgan fingerprint density at radius 2 is 1.94 bits per heavy atom. The molecule has 0 aromatic heterocycles. The molecule has 1 atom stereocenters. The minimum absolute atomic E-state index is 0.681. The average Bonchev–Trinajstić information content (AvgIpc) is 2.68. The van der Waals surface area contributed by atoms with Crippen molar-refractivity contribution in [3.63, 3.8) is 0 Å². The molecular weight excluding hydrogens is 198 g/mol. The van der Waals surface area contributed by atoms with E-state index < -0.39 is 0 Å². The average molecular weight is 219 g/mol. The fraction of sp³-hybridized carbons (Fsp3) is 0.571. The Kier molecular flexibility index (Phi) is 3.49. The molecule has 1 N–H and O–H groups in total. The van der Waals surface area contributed by atoms with Gasteiger partial charge in [0.15, 0.2) is 0 Å². The van der Waals surface area contributed by atoms with Crippen LogP contribution in [-0.2, 0) is 4.74 Å². The second kappa shape index (κ2) is 4.88. The van der Waals surface area contributed by atoms with E-state index in [4.69, 9.17) is 4.74 Å². The number of aryl methyl sites for hydroxylation is 3. The Labute approximate surface area is 98.0 Å². The zero-order valence-corrected chi connectivity index (χ0v) is 10.5. The summed E-state index contributed by atoms with van der Waals surface area (Å²) in [6.45, 7) is 9.37. The molecular formula is C14H21NO. The lowest BCUT2D eigenvalue weighted by Gasteiger charge is -2.16. The van der Waals surface area contributed by atoms with Gasteiger partial charge in [-0.2, -0.15) is 0 Å². The van der Waals surface area contributed by atoms with Crippen molar-refractivity contribution >= 4 is 5.69 Å². The summed E-state index contributed by atoms with van der Waals surface area (Å²) in [6, 6.07) is 4.47. The van der Waals surface area contributed by atoms with Crippen molar-refractivity contribution in [2.45, 2.75) is 27.2 Å². The van der Waals surface area contributed by atoms with E-state index in [2.05, 4.69) is 38.2 Å². The largest absolute Gasteiger partial charge is 0.384 e. The van der Waals surface area contributed by atoms with E-state index in [0.29, 0.717) is 5.92 Å². The Balaban J connectivity index is 2.03. The van der Waals surface area contributed by atoms with Gasteiger partial charge in [0.2, 0.25) is 0 Å². The highest BCUT2D eigenvalue weighted by Crippen LogP contribution is 2.23. The third-order valence-electron chi connectivity index (χ3n) is 3.27. The van der Waals surface area contributed by atoms with Gasteiger partial charge in [-0.05, 0) is 38.3 Å². The minimum atomic E-state index is 0.681. The molecule has 0 aliphatic carbocycles. The lowest BCUT2D eigenvalue weighted by atomic mass is 10.0. The number of ether oxygens (including phenoxy) is 1. The highest BCUT2D eigenvalue weighted by atomic mass is 16.5. The molecule has 1 aliphatic heterocycles. The van der Waals surface area contributed by atoms with Crippen LogP contribution in [-0.4, -0.2) is 19.8 Å². The first-order valence-electron chi connectivity index (χ1n) is 6.06. The standard InChI is InChI=1S/C14H21NO/c1-10-6-11(2)14(12(3)7-10)15-8-13-4-5-16-9-13/h6-7,13,15H,4-5,8-9H2,1-3H3. The van der Waals surface area contributed by atoms with Crippen molar-refractivity contribution in [3.8, 4) is 0 Å². The molecule has 1 aromatic carbocycles. The minimum Gasteiger partial charge on any atom is -0.384 e. The van der Waals surface area contributed by atoms with Gasteiger partial charge in [0.25, 0.3) is 0 Å². The molecule has 2 nitrogen and oxygen atoms in total. The van der Waals surface area contributed by atoms with Gasteiger partial charge in [0.1, 0.15) is 0 Å². The number of anilines is 1. The number of benzene rings is 1. The second-order valence-corrected chi connectivity index (χ2v) is 4.88. The van der Waals surface area contributed by atoms with E-state index in [1.807, 2.05) is 0 Å². The fourth-order valence-electron chi connectivity index (χ4n) is 2.45. The Morgan fingerprint density at radius 3 is 2.50 bits per heavy atom. The van der Waals surface area contributed by atoms with Crippen molar-refractivity contribution in [2.75, 3.05) is 25.1 Å². The normalized spacial score (nSPS) is 20.1. The number of rotatable bonds is 3. The Hall–Kier alpha value is -1.02. The molecule has 1 fully saturated rings. The van der Waals surface area contributed by atoms with Crippen LogP contribution in [0.25, 0.3) is 0 Å². The molecule has 0 bridgehead atoms. The van der Waals surface area contributed by atoms with Gasteiger partial charge in [0.05, 0.1) is 6.61 Å². The first-order chi connectivity index (χ1) is 7.66. The van der Waals surface area contributed by atoms with Crippen molar-refractivity contribution < 1.29 is 4.74 Å². The molecule has 0 spiro atoms. The highest BCUT2D eigenvalue weighted by Gasteiger charge is 2.15. The van der Waals surface area contributed by atoms with E-state index in [0.717, 1.165) is 19.8 Å². The topological polar surface area (TPSA) is 21.3 Å². The third-order valence-corrected chi connectivity index (χ3v) is 3.27. The maximum Gasteiger partial charge on any atom is 0.0511 e. The zero-order chi connectivity index (χ0) is 11.5. The molecule has 0 radical (unpaired) electrons. The van der Waals surface area contributed by atoms with Crippen molar-refractivity contribution in [1.29, 1.82) is 0 Å². The smallest absolute Gasteiger partial charge is 0.0511 e.